The second-order valence-electron chi connectivity index (χ2n) is 6.07. The van der Waals surface area contributed by atoms with Crippen molar-refractivity contribution in [2.24, 2.45) is 5.41 Å². The predicted molar refractivity (Wildman–Crippen MR) is 76.0 cm³/mol. The number of fused-ring (bicyclic) bond motifs is 1. The average Bonchev–Trinajstić information content (AvgIpc) is 2.69. The van der Waals surface area contributed by atoms with Crippen LogP contribution in [-0.2, 0) is 16.8 Å². The van der Waals surface area contributed by atoms with Crippen molar-refractivity contribution in [3.8, 4) is 6.07 Å². The number of hydrogen-bond acceptors (Lipinski definition) is 3. The number of hydrogen-bond donors (Lipinski definition) is 1. The summed E-state index contributed by atoms with van der Waals surface area (Å²) in [5.41, 5.74) is 0.262. The van der Waals surface area contributed by atoms with Crippen molar-refractivity contribution < 1.29 is 9.84 Å². The Bertz CT molecular complexity index is 528. The van der Waals surface area contributed by atoms with Gasteiger partial charge in [0, 0.05) is 6.61 Å². The summed E-state index contributed by atoms with van der Waals surface area (Å²) in [5.74, 6) is 0. The fraction of sp³-hybridized carbons (Fsp3) is 0.588. The molecule has 0 saturated carbocycles. The van der Waals surface area contributed by atoms with Crippen molar-refractivity contribution in [2.45, 2.75) is 44.1 Å². The number of rotatable bonds is 1. The van der Waals surface area contributed by atoms with Crippen LogP contribution in [0.15, 0.2) is 24.3 Å². The quantitative estimate of drug-likeness (QED) is 0.799. The maximum atomic E-state index is 11.5. The van der Waals surface area contributed by atoms with Gasteiger partial charge in [0.05, 0.1) is 12.7 Å². The number of aliphatic hydroxyl groups is 1. The zero-order chi connectivity index (χ0) is 14.1. The molecule has 106 valence electrons. The fourth-order valence-corrected chi connectivity index (χ4v) is 3.77. The zero-order valence-electron chi connectivity index (χ0n) is 11.8. The molecular formula is C17H21NO2. The van der Waals surface area contributed by atoms with Crippen LogP contribution in [-0.4, -0.2) is 18.3 Å². The van der Waals surface area contributed by atoms with E-state index in [1.165, 1.54) is 5.56 Å². The predicted octanol–water partition coefficient (Wildman–Crippen LogP) is 2.92. The molecule has 1 heterocycles. The number of nitriles is 1. The molecule has 2 aliphatic rings. The molecular weight excluding hydrogens is 250 g/mol. The summed E-state index contributed by atoms with van der Waals surface area (Å²) < 4.78 is 5.57. The van der Waals surface area contributed by atoms with E-state index in [-0.39, 0.29) is 0 Å². The summed E-state index contributed by atoms with van der Waals surface area (Å²) in [5, 5.41) is 21.3. The molecule has 1 aliphatic heterocycles. The highest BCUT2D eigenvalue weighted by Gasteiger charge is 2.53. The lowest BCUT2D eigenvalue weighted by Gasteiger charge is -2.45. The first kappa shape index (κ1) is 13.6. The monoisotopic (exact) mass is 271 g/mol. The van der Waals surface area contributed by atoms with Crippen molar-refractivity contribution in [1.29, 1.82) is 5.26 Å². The first-order valence-corrected chi connectivity index (χ1v) is 7.52. The highest BCUT2D eigenvalue weighted by Crippen LogP contribution is 2.50. The molecule has 2 atom stereocenters. The van der Waals surface area contributed by atoms with Crippen molar-refractivity contribution >= 4 is 0 Å². The molecule has 20 heavy (non-hydrogen) atoms. The minimum atomic E-state index is -1.07. The van der Waals surface area contributed by atoms with Gasteiger partial charge >= 0.3 is 0 Å². The van der Waals surface area contributed by atoms with Crippen LogP contribution in [0.4, 0.5) is 0 Å². The lowest BCUT2D eigenvalue weighted by atomic mass is 9.64. The Morgan fingerprint density at radius 2 is 2.00 bits per heavy atom. The Balaban J connectivity index is 2.12. The minimum absolute atomic E-state index is 0.342. The fourth-order valence-electron chi connectivity index (χ4n) is 3.77. The van der Waals surface area contributed by atoms with E-state index in [0.717, 1.165) is 31.2 Å². The molecule has 3 rings (SSSR count). The van der Waals surface area contributed by atoms with E-state index in [9.17, 15) is 10.4 Å². The molecule has 0 amide bonds. The van der Waals surface area contributed by atoms with E-state index < -0.39 is 11.0 Å². The number of nitrogens with zero attached hydrogens (tertiary/aromatic N) is 1. The van der Waals surface area contributed by atoms with Crippen LogP contribution in [0.5, 0.6) is 0 Å². The van der Waals surface area contributed by atoms with E-state index in [2.05, 4.69) is 12.1 Å². The Kier molecular flexibility index (Phi) is 3.54. The van der Waals surface area contributed by atoms with Gasteiger partial charge in [-0.15, -0.1) is 0 Å². The number of aryl methyl sites for hydroxylation is 1. The first-order valence-electron chi connectivity index (χ1n) is 7.52. The topological polar surface area (TPSA) is 53.2 Å². The summed E-state index contributed by atoms with van der Waals surface area (Å²) in [6.07, 6.45) is 5.23. The lowest BCUT2D eigenvalue weighted by Crippen LogP contribution is -2.50. The second kappa shape index (κ2) is 5.20. The van der Waals surface area contributed by atoms with Crippen molar-refractivity contribution in [3.63, 3.8) is 0 Å². The van der Waals surface area contributed by atoms with Crippen LogP contribution >= 0.6 is 0 Å². The summed E-state index contributed by atoms with van der Waals surface area (Å²) in [7, 11) is 0. The van der Waals surface area contributed by atoms with Gasteiger partial charge in [0.1, 0.15) is 11.0 Å². The molecule has 1 aliphatic carbocycles. The lowest BCUT2D eigenvalue weighted by molar-refractivity contribution is -0.128. The molecule has 2 unspecified atom stereocenters. The number of ether oxygens (including phenoxy) is 1. The van der Waals surface area contributed by atoms with Crippen molar-refractivity contribution in [1.82, 2.24) is 0 Å². The molecule has 1 aromatic rings. The highest BCUT2D eigenvalue weighted by molar-refractivity contribution is 5.37. The third-order valence-electron chi connectivity index (χ3n) is 4.94. The Morgan fingerprint density at radius 1 is 1.15 bits per heavy atom. The summed E-state index contributed by atoms with van der Waals surface area (Å²) in [6.45, 7) is 1.04. The van der Waals surface area contributed by atoms with Crippen molar-refractivity contribution in [3.05, 3.63) is 35.4 Å². The highest BCUT2D eigenvalue weighted by atomic mass is 16.5. The Labute approximate surface area is 120 Å². The summed E-state index contributed by atoms with van der Waals surface area (Å²) >= 11 is 0. The molecule has 1 N–H and O–H groups in total. The molecule has 3 heteroatoms. The van der Waals surface area contributed by atoms with E-state index in [1.807, 2.05) is 18.2 Å². The van der Waals surface area contributed by atoms with E-state index in [0.29, 0.717) is 26.1 Å². The summed E-state index contributed by atoms with van der Waals surface area (Å²) in [6, 6.07) is 10.5. The van der Waals surface area contributed by atoms with Gasteiger partial charge in [0.25, 0.3) is 0 Å². The first-order chi connectivity index (χ1) is 9.72. The van der Waals surface area contributed by atoms with Gasteiger partial charge < -0.3 is 9.84 Å². The SMILES string of the molecule is N#CC1(C2(O)CCCCc3ccccc32)CCCOC1. The van der Waals surface area contributed by atoms with Gasteiger partial charge in [-0.3, -0.25) is 0 Å². The maximum absolute atomic E-state index is 11.5. The molecule has 0 aromatic heterocycles. The van der Waals surface area contributed by atoms with Crippen molar-refractivity contribution in [2.75, 3.05) is 13.2 Å². The van der Waals surface area contributed by atoms with Crippen LogP contribution in [0.3, 0.4) is 0 Å². The molecule has 0 bridgehead atoms. The number of benzene rings is 1. The largest absolute Gasteiger partial charge is 0.383 e. The molecule has 1 fully saturated rings. The molecule has 0 spiro atoms. The second-order valence-corrected chi connectivity index (χ2v) is 6.07. The van der Waals surface area contributed by atoms with Crippen LogP contribution in [0.25, 0.3) is 0 Å². The van der Waals surface area contributed by atoms with Crippen LogP contribution < -0.4 is 0 Å². The Hall–Kier alpha value is -1.37. The van der Waals surface area contributed by atoms with Gasteiger partial charge in [0.15, 0.2) is 0 Å². The smallest absolute Gasteiger partial charge is 0.113 e. The maximum Gasteiger partial charge on any atom is 0.113 e. The van der Waals surface area contributed by atoms with Gasteiger partial charge in [-0.25, -0.2) is 0 Å². The van der Waals surface area contributed by atoms with Gasteiger partial charge in [-0.05, 0) is 49.7 Å². The normalized spacial score (nSPS) is 33.8. The van der Waals surface area contributed by atoms with Crippen LogP contribution in [0.1, 0.15) is 43.2 Å². The zero-order valence-corrected chi connectivity index (χ0v) is 11.8. The minimum Gasteiger partial charge on any atom is -0.383 e. The Morgan fingerprint density at radius 3 is 2.75 bits per heavy atom. The third-order valence-corrected chi connectivity index (χ3v) is 4.94. The van der Waals surface area contributed by atoms with Gasteiger partial charge in [-0.1, -0.05) is 24.3 Å². The standard InChI is InChI=1S/C17H21NO2/c18-12-16(9-5-11-20-13-16)17(19)10-4-3-7-14-6-1-2-8-15(14)17/h1-2,6,8,19H,3-5,7,9-11,13H2. The van der Waals surface area contributed by atoms with Crippen LogP contribution in [0.2, 0.25) is 0 Å². The van der Waals surface area contributed by atoms with E-state index in [4.69, 9.17) is 4.74 Å². The molecule has 0 radical (unpaired) electrons. The van der Waals surface area contributed by atoms with E-state index in [1.54, 1.807) is 0 Å². The van der Waals surface area contributed by atoms with Gasteiger partial charge in [0.2, 0.25) is 0 Å². The van der Waals surface area contributed by atoms with E-state index >= 15 is 0 Å². The third kappa shape index (κ3) is 1.95. The molecule has 1 saturated heterocycles. The van der Waals surface area contributed by atoms with Crippen LogP contribution in [0, 0.1) is 16.7 Å². The van der Waals surface area contributed by atoms with Gasteiger partial charge in [-0.2, -0.15) is 5.26 Å². The average molecular weight is 271 g/mol. The summed E-state index contributed by atoms with van der Waals surface area (Å²) in [4.78, 5) is 0. The molecule has 3 nitrogen and oxygen atoms in total. The molecule has 1 aromatic carbocycles.